The number of urea groups is 1. The molecule has 3 heterocycles. The van der Waals surface area contributed by atoms with Crippen molar-refractivity contribution in [3.8, 4) is 17.1 Å². The Morgan fingerprint density at radius 1 is 1.03 bits per heavy atom. The molecule has 0 aliphatic rings. The number of pyridine rings is 1. The Labute approximate surface area is 207 Å². The van der Waals surface area contributed by atoms with Gasteiger partial charge in [-0.3, -0.25) is 4.68 Å². The zero-order chi connectivity index (χ0) is 28.5. The summed E-state index contributed by atoms with van der Waals surface area (Å²) in [7, 11) is 1.30. The maximum absolute atomic E-state index is 13.2. The SMILES string of the molecule is Cc1cc(CNC(=O)Nc2cnc(OCC(F)(F)F)c(C(F)(F)F)c2)nnc1-c1cn(C)nc1C(F)(F)F. The maximum atomic E-state index is 13.2. The first-order chi connectivity index (χ1) is 17.4. The summed E-state index contributed by atoms with van der Waals surface area (Å²) in [5, 5.41) is 15.2. The van der Waals surface area contributed by atoms with Gasteiger partial charge in [0.15, 0.2) is 12.3 Å². The van der Waals surface area contributed by atoms with Crippen molar-refractivity contribution in [3.05, 3.63) is 47.0 Å². The van der Waals surface area contributed by atoms with E-state index in [2.05, 4.69) is 30.3 Å². The van der Waals surface area contributed by atoms with Crippen molar-refractivity contribution in [2.45, 2.75) is 32.0 Å². The minimum atomic E-state index is -5.14. The molecule has 0 saturated heterocycles. The maximum Gasteiger partial charge on any atom is 0.435 e. The molecule has 0 saturated carbocycles. The van der Waals surface area contributed by atoms with E-state index in [1.165, 1.54) is 20.0 Å². The number of alkyl halides is 9. The number of aromatic nitrogens is 5. The molecule has 0 aliphatic heterocycles. The van der Waals surface area contributed by atoms with Crippen LogP contribution in [0.3, 0.4) is 0 Å². The molecule has 0 unspecified atom stereocenters. The number of carbonyl (C=O) groups excluding carboxylic acids is 1. The zero-order valence-electron chi connectivity index (χ0n) is 19.2. The Morgan fingerprint density at radius 2 is 1.71 bits per heavy atom. The number of halogens is 9. The second-order valence-corrected chi connectivity index (χ2v) is 7.72. The number of hydrogen-bond donors (Lipinski definition) is 2. The zero-order valence-corrected chi connectivity index (χ0v) is 19.2. The van der Waals surface area contributed by atoms with Gasteiger partial charge in [0.25, 0.3) is 0 Å². The molecule has 9 nitrogen and oxygen atoms in total. The van der Waals surface area contributed by atoms with Gasteiger partial charge in [-0.1, -0.05) is 0 Å². The molecule has 2 N–H and O–H groups in total. The molecule has 0 bridgehead atoms. The number of carbonyl (C=O) groups is 1. The normalized spacial score (nSPS) is 12.4. The number of hydrogen-bond acceptors (Lipinski definition) is 6. The molecule has 3 rings (SSSR count). The quantitative estimate of drug-likeness (QED) is 0.419. The molecule has 0 fully saturated rings. The Balaban J connectivity index is 1.69. The van der Waals surface area contributed by atoms with Crippen LogP contribution >= 0.6 is 0 Å². The fourth-order valence-corrected chi connectivity index (χ4v) is 3.10. The molecular weight excluding hydrogens is 541 g/mol. The van der Waals surface area contributed by atoms with Crippen LogP contribution in [0.15, 0.2) is 24.5 Å². The number of ether oxygens (including phenoxy) is 1. The van der Waals surface area contributed by atoms with Gasteiger partial charge in [0, 0.05) is 13.2 Å². The monoisotopic (exact) mass is 557 g/mol. The van der Waals surface area contributed by atoms with Gasteiger partial charge >= 0.3 is 24.6 Å². The van der Waals surface area contributed by atoms with E-state index in [1.807, 2.05) is 5.32 Å². The molecule has 3 aromatic heterocycles. The van der Waals surface area contributed by atoms with Crippen LogP contribution < -0.4 is 15.4 Å². The van der Waals surface area contributed by atoms with Crippen molar-refractivity contribution in [3.63, 3.8) is 0 Å². The highest BCUT2D eigenvalue weighted by atomic mass is 19.4. The lowest BCUT2D eigenvalue weighted by Crippen LogP contribution is -2.29. The first kappa shape index (κ1) is 28.5. The fourth-order valence-electron chi connectivity index (χ4n) is 3.10. The summed E-state index contributed by atoms with van der Waals surface area (Å²) in [4.78, 5) is 15.3. The summed E-state index contributed by atoms with van der Waals surface area (Å²) in [5.74, 6) is -1.33. The first-order valence-electron chi connectivity index (χ1n) is 10.2. The average Bonchev–Trinajstić information content (AvgIpc) is 3.17. The van der Waals surface area contributed by atoms with Crippen molar-refractivity contribution in [1.82, 2.24) is 30.3 Å². The van der Waals surface area contributed by atoms with Crippen LogP contribution in [0.1, 0.15) is 22.5 Å². The third-order valence-electron chi connectivity index (χ3n) is 4.60. The van der Waals surface area contributed by atoms with E-state index < -0.39 is 54.0 Å². The van der Waals surface area contributed by atoms with Crippen LogP contribution in [0.5, 0.6) is 5.88 Å². The Bertz CT molecular complexity index is 1320. The van der Waals surface area contributed by atoms with Gasteiger partial charge in [0.1, 0.15) is 5.56 Å². The number of rotatable bonds is 6. The molecule has 3 aromatic rings. The highest BCUT2D eigenvalue weighted by Crippen LogP contribution is 2.37. The largest absolute Gasteiger partial charge is 0.468 e. The second-order valence-electron chi connectivity index (χ2n) is 7.72. The van der Waals surface area contributed by atoms with Gasteiger partial charge in [-0.25, -0.2) is 9.78 Å². The van der Waals surface area contributed by atoms with Gasteiger partial charge in [0.05, 0.1) is 35.4 Å². The summed E-state index contributed by atoms with van der Waals surface area (Å²) >= 11 is 0. The number of amides is 2. The Hall–Kier alpha value is -4.12. The van der Waals surface area contributed by atoms with Gasteiger partial charge in [0.2, 0.25) is 5.88 Å². The molecule has 0 aliphatic carbocycles. The number of aryl methyl sites for hydroxylation is 2. The van der Waals surface area contributed by atoms with Crippen molar-refractivity contribution < 1.29 is 49.0 Å². The number of anilines is 1. The fraction of sp³-hybridized carbons (Fsp3) is 0.350. The van der Waals surface area contributed by atoms with E-state index in [1.54, 1.807) is 0 Å². The minimum absolute atomic E-state index is 0.0998. The molecule has 2 amide bonds. The average molecular weight is 557 g/mol. The molecule has 206 valence electrons. The van der Waals surface area contributed by atoms with Crippen molar-refractivity contribution in [2.75, 3.05) is 11.9 Å². The lowest BCUT2D eigenvalue weighted by atomic mass is 10.1. The van der Waals surface area contributed by atoms with Gasteiger partial charge < -0.3 is 15.4 Å². The second kappa shape index (κ2) is 10.3. The molecule has 38 heavy (non-hydrogen) atoms. The lowest BCUT2D eigenvalue weighted by Gasteiger charge is -2.15. The first-order valence-corrected chi connectivity index (χ1v) is 10.2. The van der Waals surface area contributed by atoms with Crippen molar-refractivity contribution in [2.24, 2.45) is 7.05 Å². The third-order valence-corrected chi connectivity index (χ3v) is 4.60. The lowest BCUT2D eigenvalue weighted by molar-refractivity contribution is -0.159. The van der Waals surface area contributed by atoms with Crippen LogP contribution in [0, 0.1) is 6.92 Å². The van der Waals surface area contributed by atoms with E-state index in [9.17, 15) is 44.3 Å². The van der Waals surface area contributed by atoms with E-state index in [0.29, 0.717) is 12.3 Å². The molecule has 18 heteroatoms. The van der Waals surface area contributed by atoms with Gasteiger partial charge in [-0.05, 0) is 24.6 Å². The van der Waals surface area contributed by atoms with Crippen LogP contribution in [0.2, 0.25) is 0 Å². The van der Waals surface area contributed by atoms with Crippen LogP contribution in [0.25, 0.3) is 11.3 Å². The summed E-state index contributed by atoms with van der Waals surface area (Å²) in [6, 6.07) is 0.633. The molecule has 0 atom stereocenters. The number of nitrogens with one attached hydrogen (secondary N) is 2. The van der Waals surface area contributed by atoms with E-state index in [4.69, 9.17) is 0 Å². The smallest absolute Gasteiger partial charge is 0.435 e. The summed E-state index contributed by atoms with van der Waals surface area (Å²) in [6.45, 7) is -0.882. The highest BCUT2D eigenvalue weighted by Gasteiger charge is 2.39. The summed E-state index contributed by atoms with van der Waals surface area (Å²) in [6.07, 6.45) is -13.0. The highest BCUT2D eigenvalue weighted by molar-refractivity contribution is 5.89. The van der Waals surface area contributed by atoms with Gasteiger partial charge in [-0.15, -0.1) is 5.10 Å². The predicted molar refractivity (Wildman–Crippen MR) is 111 cm³/mol. The van der Waals surface area contributed by atoms with Crippen LogP contribution in [-0.4, -0.2) is 43.8 Å². The topological polar surface area (TPSA) is 107 Å². The summed E-state index contributed by atoms with van der Waals surface area (Å²) in [5.41, 5.74) is -3.36. The van der Waals surface area contributed by atoms with E-state index in [0.717, 1.165) is 10.9 Å². The van der Waals surface area contributed by atoms with Crippen molar-refractivity contribution in [1.29, 1.82) is 0 Å². The van der Waals surface area contributed by atoms with Crippen LogP contribution in [-0.2, 0) is 25.9 Å². The molecule has 0 radical (unpaired) electrons. The standard InChI is InChI=1S/C20H16F9N7O2/c1-9-3-11(33-34-14(9)12-7-36(2)35-15(12)20(27,28)29)6-31-17(37)32-10-4-13(19(24,25)26)16(30-5-10)38-8-18(21,22)23/h3-5,7H,6,8H2,1-2H3,(H2,31,32,37). The minimum Gasteiger partial charge on any atom is -0.468 e. The predicted octanol–water partition coefficient (Wildman–Crippen LogP) is 4.88. The van der Waals surface area contributed by atoms with E-state index in [-0.39, 0.29) is 29.1 Å². The third kappa shape index (κ3) is 7.22. The molecular formula is C20H16F9N7O2. The van der Waals surface area contributed by atoms with Gasteiger partial charge in [-0.2, -0.15) is 49.7 Å². The number of nitrogens with zero attached hydrogens (tertiary/aromatic N) is 5. The molecule has 0 aromatic carbocycles. The van der Waals surface area contributed by atoms with Crippen LogP contribution in [0.4, 0.5) is 50.0 Å². The summed E-state index contributed by atoms with van der Waals surface area (Å²) < 4.78 is 121. The Morgan fingerprint density at radius 3 is 2.29 bits per heavy atom. The molecule has 0 spiro atoms. The Kier molecular flexibility index (Phi) is 7.73. The van der Waals surface area contributed by atoms with Crippen molar-refractivity contribution >= 4 is 11.7 Å². The van der Waals surface area contributed by atoms with E-state index >= 15 is 0 Å².